The van der Waals surface area contributed by atoms with Gasteiger partial charge in [0, 0.05) is 22.7 Å². The lowest BCUT2D eigenvalue weighted by Gasteiger charge is -1.99. The number of methoxy groups -OCH3 is 1. The van der Waals surface area contributed by atoms with Crippen molar-refractivity contribution in [1.29, 1.82) is 0 Å². The molecule has 0 saturated carbocycles. The highest BCUT2D eigenvalue weighted by Gasteiger charge is 2.13. The summed E-state index contributed by atoms with van der Waals surface area (Å²) in [6, 6.07) is 17.4. The Bertz CT molecular complexity index is 975. The van der Waals surface area contributed by atoms with Crippen molar-refractivity contribution in [3.05, 3.63) is 66.5 Å². The van der Waals surface area contributed by atoms with Gasteiger partial charge in [-0.25, -0.2) is 4.79 Å². The minimum atomic E-state index is -0.515. The van der Waals surface area contributed by atoms with Crippen molar-refractivity contribution < 1.29 is 9.53 Å². The van der Waals surface area contributed by atoms with E-state index in [1.54, 1.807) is 12.1 Å². The highest BCUT2D eigenvalue weighted by Crippen LogP contribution is 2.20. The molecule has 0 spiro atoms. The summed E-state index contributed by atoms with van der Waals surface area (Å²) >= 11 is 0. The molecule has 0 saturated heterocycles. The predicted molar refractivity (Wildman–Crippen MR) is 98.4 cm³/mol. The van der Waals surface area contributed by atoms with E-state index in [9.17, 15) is 4.79 Å². The number of pyridine rings is 1. The molecular weight excluding hydrogens is 316 g/mol. The van der Waals surface area contributed by atoms with Crippen LogP contribution in [0.3, 0.4) is 0 Å². The van der Waals surface area contributed by atoms with Crippen LogP contribution in [0.25, 0.3) is 21.8 Å². The fourth-order valence-corrected chi connectivity index (χ4v) is 2.53. The van der Waals surface area contributed by atoms with Crippen molar-refractivity contribution in [3.8, 4) is 0 Å². The Morgan fingerprint density at radius 2 is 1.88 bits per heavy atom. The number of benzene rings is 2. The van der Waals surface area contributed by atoms with E-state index in [1.165, 1.54) is 17.2 Å². The van der Waals surface area contributed by atoms with Crippen LogP contribution in [0.2, 0.25) is 0 Å². The number of nitrogens with two attached hydrogens (primary N) is 1. The predicted octanol–water partition coefficient (Wildman–Crippen LogP) is 3.78. The quantitative estimate of drug-likeness (QED) is 0.495. The first-order valence-electron chi connectivity index (χ1n) is 7.73. The largest absolute Gasteiger partial charge is 0.451 e. The van der Waals surface area contributed by atoms with Crippen LogP contribution in [0.15, 0.2) is 60.8 Å². The van der Waals surface area contributed by atoms with Crippen molar-refractivity contribution >= 4 is 33.6 Å². The van der Waals surface area contributed by atoms with Crippen LogP contribution in [0.1, 0.15) is 5.69 Å². The standard InChI is InChI=1S/C10H11N3O2.C9H7N/c1-6-8-4-3-7(11)5-9(8)13(12-6)10(14)15-2;1-2-6-9-8(4-1)5-3-7-10-9/h3-5H,11H2,1-2H3;1-7H. The molecule has 0 aliphatic carbocycles. The van der Waals surface area contributed by atoms with Gasteiger partial charge in [0.05, 0.1) is 23.8 Å². The number of hydrogen-bond donors (Lipinski definition) is 1. The van der Waals surface area contributed by atoms with Gasteiger partial charge in [-0.3, -0.25) is 4.98 Å². The molecule has 0 aliphatic heterocycles. The average Bonchev–Trinajstić information content (AvgIpc) is 2.97. The number of ether oxygens (including phenoxy) is 1. The van der Waals surface area contributed by atoms with Gasteiger partial charge in [0.25, 0.3) is 0 Å². The number of nitrogen functional groups attached to an aromatic ring is 1. The van der Waals surface area contributed by atoms with E-state index in [1.807, 2.05) is 43.5 Å². The van der Waals surface area contributed by atoms with Crippen LogP contribution in [-0.2, 0) is 4.74 Å². The molecule has 0 fully saturated rings. The topological polar surface area (TPSA) is 83.0 Å². The highest BCUT2D eigenvalue weighted by molar-refractivity contribution is 5.91. The zero-order valence-corrected chi connectivity index (χ0v) is 14.0. The average molecular weight is 334 g/mol. The van der Waals surface area contributed by atoms with Crippen molar-refractivity contribution in [2.75, 3.05) is 12.8 Å². The van der Waals surface area contributed by atoms with Gasteiger partial charge in [0.1, 0.15) is 0 Å². The maximum Gasteiger partial charge on any atom is 0.434 e. The second-order valence-corrected chi connectivity index (χ2v) is 5.44. The summed E-state index contributed by atoms with van der Waals surface area (Å²) in [5.74, 6) is 0. The van der Waals surface area contributed by atoms with Crippen LogP contribution >= 0.6 is 0 Å². The van der Waals surface area contributed by atoms with E-state index < -0.39 is 6.09 Å². The van der Waals surface area contributed by atoms with Crippen molar-refractivity contribution in [2.45, 2.75) is 6.92 Å². The van der Waals surface area contributed by atoms with Gasteiger partial charge in [0.15, 0.2) is 0 Å². The number of fused-ring (bicyclic) bond motifs is 2. The number of carbonyl (C=O) groups excluding carboxylic acids is 1. The molecule has 0 aliphatic rings. The molecule has 2 N–H and O–H groups in total. The van der Waals surface area contributed by atoms with Gasteiger partial charge in [-0.15, -0.1) is 0 Å². The van der Waals surface area contributed by atoms with E-state index in [-0.39, 0.29) is 0 Å². The second-order valence-electron chi connectivity index (χ2n) is 5.44. The molecular formula is C19H18N4O2. The van der Waals surface area contributed by atoms with Crippen molar-refractivity contribution in [1.82, 2.24) is 14.8 Å². The fraction of sp³-hybridized carbons (Fsp3) is 0.105. The van der Waals surface area contributed by atoms with Crippen LogP contribution in [0.4, 0.5) is 10.5 Å². The maximum absolute atomic E-state index is 11.4. The number of para-hydroxylation sites is 1. The van der Waals surface area contributed by atoms with Crippen LogP contribution in [0, 0.1) is 6.92 Å². The monoisotopic (exact) mass is 334 g/mol. The molecule has 0 radical (unpaired) electrons. The van der Waals surface area contributed by atoms with E-state index in [0.717, 1.165) is 16.6 Å². The van der Waals surface area contributed by atoms with E-state index in [0.29, 0.717) is 11.2 Å². The molecule has 6 nitrogen and oxygen atoms in total. The van der Waals surface area contributed by atoms with Crippen molar-refractivity contribution in [2.24, 2.45) is 0 Å². The number of carbonyl (C=O) groups is 1. The maximum atomic E-state index is 11.4. The molecule has 0 amide bonds. The lowest BCUT2D eigenvalue weighted by molar-refractivity contribution is 0.170. The Morgan fingerprint density at radius 3 is 2.64 bits per heavy atom. The zero-order valence-electron chi connectivity index (χ0n) is 14.0. The van der Waals surface area contributed by atoms with Gasteiger partial charge in [-0.2, -0.15) is 9.78 Å². The first kappa shape index (κ1) is 16.4. The Balaban J connectivity index is 0.000000157. The molecule has 2 aromatic carbocycles. The Kier molecular flexibility index (Phi) is 4.61. The number of anilines is 1. The molecule has 6 heteroatoms. The molecule has 126 valence electrons. The summed E-state index contributed by atoms with van der Waals surface area (Å²) in [6.07, 6.45) is 1.29. The third kappa shape index (κ3) is 3.42. The van der Waals surface area contributed by atoms with E-state index in [4.69, 9.17) is 5.73 Å². The van der Waals surface area contributed by atoms with Gasteiger partial charge < -0.3 is 10.5 Å². The van der Waals surface area contributed by atoms with Gasteiger partial charge in [-0.05, 0) is 37.3 Å². The van der Waals surface area contributed by atoms with Gasteiger partial charge in [0.2, 0.25) is 0 Å². The third-order valence-electron chi connectivity index (χ3n) is 3.75. The number of nitrogens with zero attached hydrogens (tertiary/aromatic N) is 3. The third-order valence-corrected chi connectivity index (χ3v) is 3.75. The van der Waals surface area contributed by atoms with E-state index in [2.05, 4.69) is 27.0 Å². The Morgan fingerprint density at radius 1 is 1.12 bits per heavy atom. The Labute approximate surface area is 144 Å². The number of hydrogen-bond acceptors (Lipinski definition) is 5. The summed E-state index contributed by atoms with van der Waals surface area (Å²) in [4.78, 5) is 15.6. The smallest absolute Gasteiger partial charge is 0.434 e. The number of aryl methyl sites for hydroxylation is 1. The summed E-state index contributed by atoms with van der Waals surface area (Å²) in [6.45, 7) is 1.83. The number of rotatable bonds is 0. The van der Waals surface area contributed by atoms with Gasteiger partial charge in [-0.1, -0.05) is 24.3 Å². The van der Waals surface area contributed by atoms with Crippen LogP contribution < -0.4 is 5.73 Å². The lowest BCUT2D eigenvalue weighted by Crippen LogP contribution is -2.12. The summed E-state index contributed by atoms with van der Waals surface area (Å²) in [7, 11) is 1.32. The number of aromatic nitrogens is 3. The van der Waals surface area contributed by atoms with Crippen LogP contribution in [-0.4, -0.2) is 28.0 Å². The molecule has 4 rings (SSSR count). The first-order chi connectivity index (χ1) is 12.1. The molecule has 2 aromatic heterocycles. The lowest BCUT2D eigenvalue weighted by atomic mass is 10.2. The molecule has 0 unspecified atom stereocenters. The minimum absolute atomic E-state index is 0.515. The zero-order chi connectivity index (χ0) is 17.8. The van der Waals surface area contributed by atoms with Gasteiger partial charge >= 0.3 is 6.09 Å². The SMILES string of the molecule is COC(=O)n1nc(C)c2ccc(N)cc21.c1ccc2ncccc2c1. The van der Waals surface area contributed by atoms with E-state index >= 15 is 0 Å². The molecule has 25 heavy (non-hydrogen) atoms. The first-order valence-corrected chi connectivity index (χ1v) is 7.73. The summed E-state index contributed by atoms with van der Waals surface area (Å²) in [5.41, 5.74) is 8.74. The summed E-state index contributed by atoms with van der Waals surface area (Å²) in [5, 5.41) is 6.19. The fourth-order valence-electron chi connectivity index (χ4n) is 2.53. The van der Waals surface area contributed by atoms with Crippen molar-refractivity contribution in [3.63, 3.8) is 0 Å². The molecule has 0 atom stereocenters. The summed E-state index contributed by atoms with van der Waals surface area (Å²) < 4.78 is 5.83. The highest BCUT2D eigenvalue weighted by atomic mass is 16.5. The second kappa shape index (κ2) is 7.00. The molecule has 0 bridgehead atoms. The molecule has 2 heterocycles. The normalized spacial score (nSPS) is 10.3. The minimum Gasteiger partial charge on any atom is -0.451 e. The Hall–Kier alpha value is -3.41. The molecule has 4 aromatic rings. The van der Waals surface area contributed by atoms with Crippen LogP contribution in [0.5, 0.6) is 0 Å².